The largest absolute Gasteiger partial charge is 0.508 e. The van der Waals surface area contributed by atoms with Crippen LogP contribution in [0.25, 0.3) is 5.76 Å². The summed E-state index contributed by atoms with van der Waals surface area (Å²) in [5, 5.41) is 65.7. The summed E-state index contributed by atoms with van der Waals surface area (Å²) in [6.45, 7) is -1.39. The summed E-state index contributed by atoms with van der Waals surface area (Å²) >= 11 is 0. The molecule has 0 spiro atoms. The number of phenols is 1. The van der Waals surface area contributed by atoms with Gasteiger partial charge in [-0.05, 0) is 44.5 Å². The smallest absolute Gasteiger partial charge is 0.260 e. The molecular weight excluding hydrogens is 486 g/mol. The number of aliphatic hydroxyl groups is 5. The number of carbonyl (C=O) groups excluding carboxylic acids is 3. The van der Waals surface area contributed by atoms with Gasteiger partial charge in [-0.3, -0.25) is 19.3 Å². The quantitative estimate of drug-likeness (QED) is 0.189. The van der Waals surface area contributed by atoms with Gasteiger partial charge in [0.25, 0.3) is 5.91 Å². The fourth-order valence-corrected chi connectivity index (χ4v) is 6.01. The van der Waals surface area contributed by atoms with Crippen LogP contribution in [0, 0.1) is 11.8 Å². The van der Waals surface area contributed by atoms with Crippen molar-refractivity contribution in [1.29, 1.82) is 0 Å². The van der Waals surface area contributed by atoms with Crippen molar-refractivity contribution >= 4 is 28.9 Å². The molecule has 0 saturated heterocycles. The first-order chi connectivity index (χ1) is 17.3. The van der Waals surface area contributed by atoms with E-state index in [0.717, 1.165) is 0 Å². The number of fused-ring (bicyclic) bond motifs is 3. The molecule has 1 aromatic carbocycles. The molecule has 37 heavy (non-hydrogen) atoms. The normalized spacial score (nSPS) is 27.2. The second-order valence-corrected chi connectivity index (χ2v) is 10.1. The predicted molar refractivity (Wildman–Crippen MR) is 131 cm³/mol. The highest BCUT2D eigenvalue weighted by atomic mass is 16.3. The van der Waals surface area contributed by atoms with Crippen molar-refractivity contribution < 1.29 is 45.0 Å². The molecular formula is C25H31N3O9. The lowest BCUT2D eigenvalue weighted by atomic mass is 9.57. The third kappa shape index (κ3) is 3.62. The van der Waals surface area contributed by atoms with E-state index in [2.05, 4.69) is 0 Å². The van der Waals surface area contributed by atoms with Crippen LogP contribution in [0.15, 0.2) is 23.0 Å². The zero-order valence-electron chi connectivity index (χ0n) is 20.9. The second kappa shape index (κ2) is 9.14. The van der Waals surface area contributed by atoms with Gasteiger partial charge in [0.15, 0.2) is 11.4 Å². The fourth-order valence-electron chi connectivity index (χ4n) is 6.01. The van der Waals surface area contributed by atoms with Crippen LogP contribution in [0.2, 0.25) is 0 Å². The van der Waals surface area contributed by atoms with Crippen LogP contribution >= 0.6 is 0 Å². The number of aromatic hydroxyl groups is 1. The van der Waals surface area contributed by atoms with E-state index in [1.807, 2.05) is 5.32 Å². The van der Waals surface area contributed by atoms with Gasteiger partial charge in [0.2, 0.25) is 5.78 Å². The number of likely N-dealkylation sites (N-methyl/N-ethyl adjacent to an activating group) is 1. The van der Waals surface area contributed by atoms with E-state index < -0.39 is 77.1 Å². The molecule has 200 valence electrons. The van der Waals surface area contributed by atoms with E-state index >= 15 is 0 Å². The lowest BCUT2D eigenvalue weighted by molar-refractivity contribution is -0.153. The highest BCUT2D eigenvalue weighted by Gasteiger charge is 2.64. The van der Waals surface area contributed by atoms with Crippen LogP contribution in [-0.4, -0.2) is 99.6 Å². The molecule has 1 fully saturated rings. The van der Waals surface area contributed by atoms with Crippen molar-refractivity contribution in [1.82, 2.24) is 10.2 Å². The molecule has 4 atom stereocenters. The Bertz CT molecular complexity index is 1270. The zero-order valence-corrected chi connectivity index (χ0v) is 20.9. The lowest BCUT2D eigenvalue weighted by Crippen LogP contribution is -2.65. The first kappa shape index (κ1) is 26.6. The maximum atomic E-state index is 13.9. The molecule has 0 unspecified atom stereocenters. The Morgan fingerprint density at radius 3 is 2.32 bits per heavy atom. The van der Waals surface area contributed by atoms with Gasteiger partial charge in [-0.1, -0.05) is 0 Å². The van der Waals surface area contributed by atoms with Gasteiger partial charge < -0.3 is 40.9 Å². The third-order valence-corrected chi connectivity index (χ3v) is 7.65. The molecule has 12 nitrogen and oxygen atoms in total. The monoisotopic (exact) mass is 517 g/mol. The summed E-state index contributed by atoms with van der Waals surface area (Å²) in [4.78, 5) is 43.0. The number of carbonyl (C=O) groups is 3. The number of hydrogen-bond donors (Lipinski definition) is 7. The molecule has 3 aliphatic rings. The molecule has 0 aliphatic heterocycles. The van der Waals surface area contributed by atoms with Crippen molar-refractivity contribution in [2.75, 3.05) is 39.8 Å². The van der Waals surface area contributed by atoms with Crippen LogP contribution in [0.3, 0.4) is 0 Å². The summed E-state index contributed by atoms with van der Waals surface area (Å²) in [6.07, 6.45) is 0.153. The Hall–Kier alpha value is -3.45. The van der Waals surface area contributed by atoms with Crippen molar-refractivity contribution in [2.24, 2.45) is 11.8 Å². The number of benzene rings is 1. The summed E-state index contributed by atoms with van der Waals surface area (Å²) < 4.78 is 0. The molecule has 1 aromatic rings. The number of hydrogen-bond acceptors (Lipinski definition) is 11. The number of nitrogens with one attached hydrogen (secondary N) is 1. The second-order valence-electron chi connectivity index (χ2n) is 10.1. The van der Waals surface area contributed by atoms with Gasteiger partial charge in [0.1, 0.15) is 29.6 Å². The number of amides is 1. The number of nitrogens with zero attached hydrogens (tertiary/aromatic N) is 2. The Morgan fingerprint density at radius 2 is 1.78 bits per heavy atom. The Morgan fingerprint density at radius 1 is 1.14 bits per heavy atom. The van der Waals surface area contributed by atoms with Crippen LogP contribution in [0.5, 0.6) is 5.75 Å². The minimum atomic E-state index is -2.73. The van der Waals surface area contributed by atoms with E-state index in [-0.39, 0.29) is 29.5 Å². The molecule has 1 saturated carbocycles. The first-order valence-electron chi connectivity index (χ1n) is 11.7. The number of anilines is 1. The fraction of sp³-hybridized carbons (Fsp3) is 0.480. The first-order valence-corrected chi connectivity index (χ1v) is 11.7. The maximum Gasteiger partial charge on any atom is 0.260 e. The van der Waals surface area contributed by atoms with Crippen molar-refractivity contribution in [3.63, 3.8) is 0 Å². The van der Waals surface area contributed by atoms with Gasteiger partial charge in [0.05, 0.1) is 18.2 Å². The minimum Gasteiger partial charge on any atom is -0.508 e. The lowest BCUT2D eigenvalue weighted by Gasteiger charge is -2.50. The van der Waals surface area contributed by atoms with E-state index in [9.17, 15) is 39.9 Å². The molecule has 0 heterocycles. The van der Waals surface area contributed by atoms with Crippen LogP contribution in [-0.2, 0) is 27.4 Å². The topological polar surface area (TPSA) is 191 Å². The van der Waals surface area contributed by atoms with Crippen molar-refractivity contribution in [3.8, 4) is 5.75 Å². The van der Waals surface area contributed by atoms with E-state index in [0.29, 0.717) is 11.3 Å². The number of rotatable bonds is 5. The minimum absolute atomic E-state index is 0.00992. The highest BCUT2D eigenvalue weighted by molar-refractivity contribution is 6.25. The number of ketones is 2. The SMILES string of the molecule is CN(C)c1cc(CO)c(O)c2c1C[C@H]1C[C@H]3[C@H](N(C)C)C(=O)C(C(=O)NCO)=C(O)[C@@]3(O)C(=O)C1=C2O. The maximum absolute atomic E-state index is 13.9. The predicted octanol–water partition coefficient (Wildman–Crippen LogP) is -0.897. The van der Waals surface area contributed by atoms with E-state index in [1.165, 1.54) is 19.0 Å². The number of aliphatic hydroxyl groups excluding tert-OH is 4. The average Bonchev–Trinajstić information content (AvgIpc) is 2.81. The Labute approximate surface area is 212 Å². The zero-order chi connectivity index (χ0) is 27.6. The molecule has 0 bridgehead atoms. The summed E-state index contributed by atoms with van der Waals surface area (Å²) in [6, 6.07) is 0.411. The molecule has 0 aromatic heterocycles. The molecule has 3 aliphatic carbocycles. The Kier molecular flexibility index (Phi) is 6.57. The van der Waals surface area contributed by atoms with Gasteiger partial charge in [-0.25, -0.2) is 0 Å². The summed E-state index contributed by atoms with van der Waals surface area (Å²) in [7, 11) is 6.57. The van der Waals surface area contributed by atoms with E-state index in [1.54, 1.807) is 25.1 Å². The van der Waals surface area contributed by atoms with Crippen LogP contribution < -0.4 is 10.2 Å². The molecule has 12 heteroatoms. The molecule has 7 N–H and O–H groups in total. The standard InChI is InChI=1S/C25H31N3O9/c1-27(2)14-7-11(8-29)19(31)16-12(14)5-10-6-13-18(28(3)4)21(33)17(24(36)26-9-30)23(35)25(13,37)22(34)15(10)20(16)32/h7,10,13,18,29-32,35,37H,5-6,8-9H2,1-4H3,(H,26,36)/t10-,13-,18-,25-/m0/s1. The van der Waals surface area contributed by atoms with E-state index in [4.69, 9.17) is 5.11 Å². The Balaban J connectivity index is 1.99. The van der Waals surface area contributed by atoms with Gasteiger partial charge in [-0.15, -0.1) is 0 Å². The van der Waals surface area contributed by atoms with Gasteiger partial charge in [-0.2, -0.15) is 0 Å². The van der Waals surface area contributed by atoms with Crippen LogP contribution in [0.4, 0.5) is 5.69 Å². The molecule has 1 amide bonds. The van der Waals surface area contributed by atoms with Gasteiger partial charge >= 0.3 is 0 Å². The molecule has 0 radical (unpaired) electrons. The van der Waals surface area contributed by atoms with Crippen LogP contribution in [0.1, 0.15) is 23.1 Å². The van der Waals surface area contributed by atoms with Gasteiger partial charge in [0, 0.05) is 36.8 Å². The highest BCUT2D eigenvalue weighted by Crippen LogP contribution is 2.54. The van der Waals surface area contributed by atoms with Crippen molar-refractivity contribution in [3.05, 3.63) is 39.7 Å². The average molecular weight is 518 g/mol. The molecule has 4 rings (SSSR count). The third-order valence-electron chi connectivity index (χ3n) is 7.65. The number of Topliss-reactive ketones (excluding diaryl/α,β-unsaturated/α-hetero) is 2. The summed E-state index contributed by atoms with van der Waals surface area (Å²) in [5.74, 6) is -7.09. The summed E-state index contributed by atoms with van der Waals surface area (Å²) in [5.41, 5.74) is -2.64. The van der Waals surface area contributed by atoms with Crippen molar-refractivity contribution in [2.45, 2.75) is 31.1 Å².